The zero-order chi connectivity index (χ0) is 25.1. The minimum absolute atomic E-state index is 0.128. The van der Waals surface area contributed by atoms with Crippen LogP contribution in [0.2, 0.25) is 5.02 Å². The van der Waals surface area contributed by atoms with Crippen LogP contribution in [0.4, 0.5) is 14.7 Å². The Balaban J connectivity index is 1.69. The molecule has 0 aliphatic carbocycles. The van der Waals surface area contributed by atoms with Gasteiger partial charge in [-0.2, -0.15) is 9.97 Å². The van der Waals surface area contributed by atoms with E-state index in [1.165, 1.54) is 20.5 Å². The van der Waals surface area contributed by atoms with Crippen molar-refractivity contribution in [2.24, 2.45) is 0 Å². The molecule has 1 aromatic carbocycles. The lowest BCUT2D eigenvalue weighted by Crippen LogP contribution is -2.13. The quantitative estimate of drug-likeness (QED) is 0.334. The first kappa shape index (κ1) is 24.5. The van der Waals surface area contributed by atoms with Crippen molar-refractivity contribution >= 4 is 39.4 Å². The highest BCUT2D eigenvalue weighted by atomic mass is 35.5. The largest absolute Gasteiger partial charge is 0.478 e. The average Bonchev–Trinajstić information content (AvgIpc) is 3.26. The van der Waals surface area contributed by atoms with Crippen LogP contribution in [0.3, 0.4) is 0 Å². The molecule has 4 aromatic rings. The van der Waals surface area contributed by atoms with Gasteiger partial charge in [0.05, 0.1) is 35.3 Å². The number of nitrogens with one attached hydrogen (secondary N) is 2. The molecular weight excluding hydrogens is 506 g/mol. The second-order valence-electron chi connectivity index (χ2n) is 7.01. The molecule has 0 fully saturated rings. The van der Waals surface area contributed by atoms with Crippen molar-refractivity contribution in [2.45, 2.75) is 18.2 Å². The Morgan fingerprint density at radius 1 is 1.17 bits per heavy atom. The molecule has 184 valence electrons. The van der Waals surface area contributed by atoms with E-state index in [-0.39, 0.29) is 23.5 Å². The fourth-order valence-electron chi connectivity index (χ4n) is 3.28. The lowest BCUT2D eigenvalue weighted by atomic mass is 10.1. The number of aromatic nitrogens is 5. The molecule has 4 rings (SSSR count). The molecule has 2 N–H and O–H groups in total. The molecule has 0 amide bonds. The van der Waals surface area contributed by atoms with Crippen LogP contribution in [0.1, 0.15) is 5.69 Å². The molecule has 14 heteroatoms. The maximum Gasteiger partial charge on any atom is 0.272 e. The van der Waals surface area contributed by atoms with Gasteiger partial charge in [-0.3, -0.25) is 4.72 Å². The van der Waals surface area contributed by atoms with Gasteiger partial charge in [0.2, 0.25) is 11.7 Å². The number of benzene rings is 1. The Morgan fingerprint density at radius 2 is 1.89 bits per heavy atom. The number of methoxy groups -OCH3 is 2. The predicted molar refractivity (Wildman–Crippen MR) is 126 cm³/mol. The number of rotatable bonds is 9. The first-order chi connectivity index (χ1) is 16.8. The maximum atomic E-state index is 13.2. The van der Waals surface area contributed by atoms with Crippen LogP contribution in [0.25, 0.3) is 22.2 Å². The van der Waals surface area contributed by atoms with E-state index < -0.39 is 24.0 Å². The Morgan fingerprint density at radius 3 is 2.51 bits per heavy atom. The molecule has 0 spiro atoms. The average molecular weight is 525 g/mol. The van der Waals surface area contributed by atoms with Gasteiger partial charge in [0.15, 0.2) is 11.0 Å². The van der Waals surface area contributed by atoms with Crippen molar-refractivity contribution in [1.82, 2.24) is 24.9 Å². The molecule has 0 saturated heterocycles. The van der Waals surface area contributed by atoms with Gasteiger partial charge in [-0.05, 0) is 19.1 Å². The molecule has 35 heavy (non-hydrogen) atoms. The Bertz CT molecular complexity index is 1380. The molecule has 10 nitrogen and oxygen atoms in total. The van der Waals surface area contributed by atoms with E-state index in [9.17, 15) is 13.0 Å². The summed E-state index contributed by atoms with van der Waals surface area (Å²) in [5.41, 5.74) is 2.64. The SMILES string of the molecule is COc1nc(NS(=O)c2c[nH]c3c(-c4cc(C)ncn4)c(Cl)ccc23)nc(OC)c1OCC(F)F. The first-order valence-electron chi connectivity index (χ1n) is 10.00. The number of anilines is 1. The van der Waals surface area contributed by atoms with Gasteiger partial charge >= 0.3 is 0 Å². The van der Waals surface area contributed by atoms with Gasteiger partial charge in [0.1, 0.15) is 12.9 Å². The highest BCUT2D eigenvalue weighted by molar-refractivity contribution is 7.86. The summed E-state index contributed by atoms with van der Waals surface area (Å²) in [5.74, 6) is -0.650. The van der Waals surface area contributed by atoms with Crippen molar-refractivity contribution < 1.29 is 27.2 Å². The highest BCUT2D eigenvalue weighted by Crippen LogP contribution is 2.37. The summed E-state index contributed by atoms with van der Waals surface area (Å²) in [5, 5.41) is 1.09. The van der Waals surface area contributed by atoms with Gasteiger partial charge in [-0.15, -0.1) is 0 Å². The molecule has 1 atom stereocenters. The van der Waals surface area contributed by atoms with Gasteiger partial charge < -0.3 is 19.2 Å². The summed E-state index contributed by atoms with van der Waals surface area (Å²) in [7, 11) is 0.705. The van der Waals surface area contributed by atoms with E-state index in [4.69, 9.17) is 25.8 Å². The van der Waals surface area contributed by atoms with E-state index in [0.717, 1.165) is 5.69 Å². The standard InChI is InChI=1S/C21H19ClF2N6O4S/c1-10-6-13(27-9-26-10)16-12(22)5-4-11-14(7-25-17(11)16)35(31)30-21-28-19(32-2)18(20(29-21)33-3)34-8-15(23)24/h4-7,9,15,25H,8H2,1-3H3,(H,28,29,30). The van der Waals surface area contributed by atoms with Gasteiger partial charge in [0.25, 0.3) is 18.2 Å². The van der Waals surface area contributed by atoms with Crippen molar-refractivity contribution in [2.75, 3.05) is 25.5 Å². The van der Waals surface area contributed by atoms with Crippen LogP contribution >= 0.6 is 11.6 Å². The van der Waals surface area contributed by atoms with Crippen LogP contribution in [0.5, 0.6) is 17.5 Å². The Kier molecular flexibility index (Phi) is 7.26. The first-order valence-corrected chi connectivity index (χ1v) is 11.5. The number of aryl methyl sites for hydroxylation is 1. The summed E-state index contributed by atoms with van der Waals surface area (Å²) in [6, 6.07) is 5.20. The summed E-state index contributed by atoms with van der Waals surface area (Å²) in [6.45, 7) is 0.936. The van der Waals surface area contributed by atoms with E-state index >= 15 is 0 Å². The van der Waals surface area contributed by atoms with E-state index in [2.05, 4.69) is 29.6 Å². The van der Waals surface area contributed by atoms with Gasteiger partial charge in [0, 0.05) is 22.8 Å². The second-order valence-corrected chi connectivity index (χ2v) is 8.60. The van der Waals surface area contributed by atoms with Crippen LogP contribution in [-0.4, -0.2) is 56.4 Å². The molecule has 3 heterocycles. The maximum absolute atomic E-state index is 13.2. The number of hydrogen-bond acceptors (Lipinski definition) is 8. The summed E-state index contributed by atoms with van der Waals surface area (Å²) < 4.78 is 56.3. The van der Waals surface area contributed by atoms with Gasteiger partial charge in [-0.25, -0.2) is 23.0 Å². The van der Waals surface area contributed by atoms with E-state index in [1.54, 1.807) is 24.4 Å². The zero-order valence-corrected chi connectivity index (χ0v) is 20.2. The topological polar surface area (TPSA) is 124 Å². The molecule has 3 aromatic heterocycles. The van der Waals surface area contributed by atoms with Crippen molar-refractivity contribution in [3.8, 4) is 28.8 Å². The number of fused-ring (bicyclic) bond motifs is 1. The third-order valence-electron chi connectivity index (χ3n) is 4.75. The Labute approximate surface area is 205 Å². The van der Waals surface area contributed by atoms with Crippen molar-refractivity contribution in [3.05, 3.63) is 41.4 Å². The van der Waals surface area contributed by atoms with Crippen molar-refractivity contribution in [3.63, 3.8) is 0 Å². The monoisotopic (exact) mass is 524 g/mol. The fraction of sp³-hybridized carbons (Fsp3) is 0.238. The van der Waals surface area contributed by atoms with Crippen LogP contribution < -0.4 is 18.9 Å². The normalized spacial score (nSPS) is 12.1. The Hall–Kier alpha value is -3.58. The molecule has 0 aliphatic rings. The lowest BCUT2D eigenvalue weighted by Gasteiger charge is -2.14. The van der Waals surface area contributed by atoms with Gasteiger partial charge in [-0.1, -0.05) is 17.7 Å². The molecule has 1 unspecified atom stereocenters. The molecular formula is C21H19ClF2N6O4S. The summed E-state index contributed by atoms with van der Waals surface area (Å²) >= 11 is 6.46. The number of alkyl halides is 2. The van der Waals surface area contributed by atoms with E-state index in [1.807, 2.05) is 6.92 Å². The summed E-state index contributed by atoms with van der Waals surface area (Å²) in [4.78, 5) is 20.0. The molecule has 0 saturated carbocycles. The minimum atomic E-state index is -2.72. The van der Waals surface area contributed by atoms with Crippen LogP contribution in [0, 0.1) is 6.92 Å². The fourth-order valence-corrected chi connectivity index (χ4v) is 4.44. The third kappa shape index (κ3) is 5.10. The number of ether oxygens (including phenoxy) is 3. The molecule has 0 radical (unpaired) electrons. The van der Waals surface area contributed by atoms with Crippen LogP contribution in [-0.2, 0) is 11.0 Å². The van der Waals surface area contributed by atoms with Crippen LogP contribution in [0.15, 0.2) is 35.6 Å². The lowest BCUT2D eigenvalue weighted by molar-refractivity contribution is 0.0781. The minimum Gasteiger partial charge on any atom is -0.478 e. The number of halogens is 3. The van der Waals surface area contributed by atoms with Crippen molar-refractivity contribution in [1.29, 1.82) is 0 Å². The smallest absolute Gasteiger partial charge is 0.272 e. The zero-order valence-electron chi connectivity index (χ0n) is 18.6. The predicted octanol–water partition coefficient (Wildman–Crippen LogP) is 4.17. The van der Waals surface area contributed by atoms with E-state index in [0.29, 0.717) is 32.1 Å². The highest BCUT2D eigenvalue weighted by Gasteiger charge is 2.22. The molecule has 0 aliphatic heterocycles. The summed E-state index contributed by atoms with van der Waals surface area (Å²) in [6.07, 6.45) is 0.285. The number of hydrogen-bond donors (Lipinski definition) is 2. The third-order valence-corrected chi connectivity index (χ3v) is 6.18. The number of aromatic amines is 1. The second kappa shape index (κ2) is 10.4. The molecule has 0 bridgehead atoms. The number of nitrogens with zero attached hydrogens (tertiary/aromatic N) is 4. The number of H-pyrrole nitrogens is 1.